The number of anilines is 4. The average molecular weight is 528 g/mol. The van der Waals surface area contributed by atoms with Crippen molar-refractivity contribution in [1.29, 1.82) is 0 Å². The van der Waals surface area contributed by atoms with E-state index in [0.717, 1.165) is 0 Å². The molecule has 14 heteroatoms. The number of carboxylic acid groups (broad SMARTS) is 2. The number of thiophene rings is 1. The Labute approximate surface area is 214 Å². The van der Waals surface area contributed by atoms with Gasteiger partial charge in [0.05, 0.1) is 12.0 Å². The summed E-state index contributed by atoms with van der Waals surface area (Å²) in [4.78, 5) is 55.2. The number of hydrogen-bond donors (Lipinski definition) is 8. The minimum atomic E-state index is -1.38. The first-order valence-electron chi connectivity index (χ1n) is 11.2. The number of nitrogens with one attached hydrogen (secondary N) is 5. The van der Waals surface area contributed by atoms with E-state index in [1.165, 1.54) is 23.5 Å². The minimum Gasteiger partial charge on any atom is -0.481 e. The van der Waals surface area contributed by atoms with Crippen LogP contribution in [0.15, 0.2) is 46.6 Å². The summed E-state index contributed by atoms with van der Waals surface area (Å²) in [5, 5.41) is 32.6. The van der Waals surface area contributed by atoms with Gasteiger partial charge >= 0.3 is 11.9 Å². The van der Waals surface area contributed by atoms with Crippen LogP contribution in [0, 0.1) is 0 Å². The van der Waals surface area contributed by atoms with Gasteiger partial charge in [-0.1, -0.05) is 6.07 Å². The molecule has 0 saturated carbocycles. The second-order valence-corrected chi connectivity index (χ2v) is 9.34. The normalized spacial score (nSPS) is 15.8. The van der Waals surface area contributed by atoms with Gasteiger partial charge in [0.25, 0.3) is 11.5 Å². The van der Waals surface area contributed by atoms with E-state index in [1.54, 1.807) is 29.6 Å². The van der Waals surface area contributed by atoms with E-state index in [0.29, 0.717) is 35.2 Å². The Hall–Kier alpha value is -4.59. The number of hydrogen-bond acceptors (Lipinski definition) is 10. The largest absolute Gasteiger partial charge is 0.481 e. The maximum absolute atomic E-state index is 12.7. The molecule has 1 amide bonds. The Bertz CT molecular complexity index is 1340. The molecule has 9 N–H and O–H groups in total. The third-order valence-corrected chi connectivity index (χ3v) is 6.75. The third kappa shape index (κ3) is 6.16. The number of carboxylic acids is 2. The number of carbonyl (C=O) groups excluding carboxylic acids is 1. The number of nitrogen functional groups attached to an aromatic ring is 1. The SMILES string of the molecule is Nc1nc2c(c(=O)[nH]1)NC(CNc1ccc(C(=O)N[C@@H](CC(C(=O)O)c3cccs3)C(=O)O)cc1)CN2. The zero-order valence-corrected chi connectivity index (χ0v) is 20.2. The number of amides is 1. The molecule has 1 aromatic carbocycles. The molecule has 13 nitrogen and oxygen atoms in total. The topological polar surface area (TPSA) is 212 Å². The fraction of sp³-hybridized carbons (Fsp3) is 0.261. The maximum atomic E-state index is 12.7. The van der Waals surface area contributed by atoms with Crippen LogP contribution < -0.4 is 32.6 Å². The molecule has 0 saturated heterocycles. The predicted octanol–water partition coefficient (Wildman–Crippen LogP) is 1.17. The summed E-state index contributed by atoms with van der Waals surface area (Å²) in [6.07, 6.45) is -0.285. The number of H-pyrrole nitrogens is 1. The maximum Gasteiger partial charge on any atom is 0.326 e. The lowest BCUT2D eigenvalue weighted by Gasteiger charge is -2.27. The molecule has 0 radical (unpaired) electrons. The second kappa shape index (κ2) is 11.0. The van der Waals surface area contributed by atoms with Crippen molar-refractivity contribution in [2.24, 2.45) is 0 Å². The number of rotatable bonds is 10. The number of aliphatic carboxylic acids is 2. The molecule has 1 aliphatic rings. The molecule has 37 heavy (non-hydrogen) atoms. The van der Waals surface area contributed by atoms with Crippen molar-refractivity contribution in [2.45, 2.75) is 24.4 Å². The summed E-state index contributed by atoms with van der Waals surface area (Å²) >= 11 is 1.22. The van der Waals surface area contributed by atoms with E-state index in [4.69, 9.17) is 5.73 Å². The molecule has 194 valence electrons. The smallest absolute Gasteiger partial charge is 0.326 e. The lowest BCUT2D eigenvalue weighted by atomic mass is 9.98. The summed E-state index contributed by atoms with van der Waals surface area (Å²) < 4.78 is 0. The van der Waals surface area contributed by atoms with Crippen LogP contribution >= 0.6 is 11.3 Å². The highest BCUT2D eigenvalue weighted by atomic mass is 32.1. The first-order chi connectivity index (χ1) is 17.7. The van der Waals surface area contributed by atoms with Crippen LogP contribution in [0.4, 0.5) is 23.1 Å². The molecule has 2 aromatic heterocycles. The highest BCUT2D eigenvalue weighted by molar-refractivity contribution is 7.10. The number of carbonyl (C=O) groups is 3. The number of benzene rings is 1. The number of nitrogens with zero attached hydrogens (tertiary/aromatic N) is 1. The van der Waals surface area contributed by atoms with Crippen molar-refractivity contribution in [1.82, 2.24) is 15.3 Å². The molecule has 0 aliphatic carbocycles. The zero-order chi connectivity index (χ0) is 26.5. The number of aromatic nitrogens is 2. The standard InChI is InChI=1S/C23H25N7O6S/c24-23-29-18-17(20(32)30-23)27-13(10-26-18)9-25-12-5-3-11(4-6-12)19(31)28-15(22(35)36)8-14(21(33)34)16-2-1-7-37-16/h1-7,13-15,25,27H,8-10H2,(H,28,31)(H,33,34)(H,35,36)(H4,24,26,29,30,32)/t13?,14?,15-/m0/s1. The van der Waals surface area contributed by atoms with Crippen LogP contribution in [0.1, 0.15) is 27.6 Å². The molecular weight excluding hydrogens is 502 g/mol. The molecule has 0 bridgehead atoms. The Morgan fingerprint density at radius 2 is 1.92 bits per heavy atom. The van der Waals surface area contributed by atoms with Gasteiger partial charge in [0, 0.05) is 29.2 Å². The molecule has 4 rings (SSSR count). The lowest BCUT2D eigenvalue weighted by Crippen LogP contribution is -2.42. The first kappa shape index (κ1) is 25.5. The summed E-state index contributed by atoms with van der Waals surface area (Å²) in [5.74, 6) is -3.74. The van der Waals surface area contributed by atoms with Crippen molar-refractivity contribution >= 4 is 52.3 Å². The number of aromatic amines is 1. The van der Waals surface area contributed by atoms with E-state index in [9.17, 15) is 29.4 Å². The zero-order valence-electron chi connectivity index (χ0n) is 19.4. The predicted molar refractivity (Wildman–Crippen MR) is 138 cm³/mol. The summed E-state index contributed by atoms with van der Waals surface area (Å²) in [5.41, 5.74) is 6.40. The molecule has 3 aromatic rings. The summed E-state index contributed by atoms with van der Waals surface area (Å²) in [6.45, 7) is 0.942. The van der Waals surface area contributed by atoms with Crippen LogP contribution in [0.2, 0.25) is 0 Å². The Morgan fingerprint density at radius 1 is 1.16 bits per heavy atom. The van der Waals surface area contributed by atoms with Gasteiger partial charge in [0.15, 0.2) is 5.82 Å². The third-order valence-electron chi connectivity index (χ3n) is 5.76. The van der Waals surface area contributed by atoms with Gasteiger partial charge < -0.3 is 37.2 Å². The molecule has 3 atom stereocenters. The van der Waals surface area contributed by atoms with Gasteiger partial charge in [-0.2, -0.15) is 4.98 Å². The summed E-state index contributed by atoms with van der Waals surface area (Å²) in [7, 11) is 0. The van der Waals surface area contributed by atoms with E-state index in [2.05, 4.69) is 31.2 Å². The van der Waals surface area contributed by atoms with Crippen molar-refractivity contribution in [3.8, 4) is 0 Å². The van der Waals surface area contributed by atoms with E-state index >= 15 is 0 Å². The average Bonchev–Trinajstić information content (AvgIpc) is 3.39. The second-order valence-electron chi connectivity index (χ2n) is 8.36. The van der Waals surface area contributed by atoms with Crippen LogP contribution in [0.25, 0.3) is 0 Å². The summed E-state index contributed by atoms with van der Waals surface area (Å²) in [6, 6.07) is 8.18. The van der Waals surface area contributed by atoms with Crippen molar-refractivity contribution in [3.05, 3.63) is 62.6 Å². The first-order valence-corrected chi connectivity index (χ1v) is 12.1. The number of fused-ring (bicyclic) bond motifs is 1. The fourth-order valence-corrected chi connectivity index (χ4v) is 4.69. The Kier molecular flexibility index (Phi) is 7.57. The van der Waals surface area contributed by atoms with E-state index in [-0.39, 0.29) is 29.5 Å². The lowest BCUT2D eigenvalue weighted by molar-refractivity contribution is -0.141. The monoisotopic (exact) mass is 527 g/mol. The Balaban J connectivity index is 1.34. The molecule has 2 unspecified atom stereocenters. The van der Waals surface area contributed by atoms with Gasteiger partial charge in [0.1, 0.15) is 11.7 Å². The van der Waals surface area contributed by atoms with E-state index in [1.807, 2.05) is 0 Å². The minimum absolute atomic E-state index is 0.0256. The fourth-order valence-electron chi connectivity index (χ4n) is 3.86. The van der Waals surface area contributed by atoms with Crippen molar-refractivity contribution in [3.63, 3.8) is 0 Å². The molecule has 0 fully saturated rings. The van der Waals surface area contributed by atoms with Gasteiger partial charge in [0.2, 0.25) is 5.95 Å². The molecular formula is C23H25N7O6S. The number of nitrogens with two attached hydrogens (primary N) is 1. The van der Waals surface area contributed by atoms with Crippen molar-refractivity contribution < 1.29 is 24.6 Å². The molecule has 3 heterocycles. The van der Waals surface area contributed by atoms with Crippen LogP contribution in [-0.4, -0.2) is 63.2 Å². The van der Waals surface area contributed by atoms with Crippen molar-refractivity contribution in [2.75, 3.05) is 34.8 Å². The Morgan fingerprint density at radius 3 is 2.57 bits per heavy atom. The molecule has 1 aliphatic heterocycles. The van der Waals surface area contributed by atoms with Gasteiger partial charge in [-0.05, 0) is 42.1 Å². The van der Waals surface area contributed by atoms with Crippen LogP contribution in [0.3, 0.4) is 0 Å². The van der Waals surface area contributed by atoms with E-state index < -0.39 is 29.8 Å². The quantitative estimate of drug-likeness (QED) is 0.187. The van der Waals surface area contributed by atoms with Gasteiger partial charge in [-0.25, -0.2) is 4.79 Å². The molecule has 0 spiro atoms. The highest BCUT2D eigenvalue weighted by Gasteiger charge is 2.30. The van der Waals surface area contributed by atoms with Crippen LogP contribution in [-0.2, 0) is 9.59 Å². The van der Waals surface area contributed by atoms with Gasteiger partial charge in [-0.3, -0.25) is 19.4 Å². The highest BCUT2D eigenvalue weighted by Crippen LogP contribution is 2.26. The van der Waals surface area contributed by atoms with Gasteiger partial charge in [-0.15, -0.1) is 11.3 Å². The van der Waals surface area contributed by atoms with Crippen LogP contribution in [0.5, 0.6) is 0 Å².